The van der Waals surface area contributed by atoms with Crippen LogP contribution in [0.5, 0.6) is 0 Å². The summed E-state index contributed by atoms with van der Waals surface area (Å²) in [5.41, 5.74) is 6.73. The zero-order valence-corrected chi connectivity index (χ0v) is 14.2. The molecule has 0 saturated heterocycles. The smallest absolute Gasteiger partial charge is 0.263 e. The van der Waals surface area contributed by atoms with Crippen molar-refractivity contribution in [3.05, 3.63) is 41.9 Å². The van der Waals surface area contributed by atoms with Crippen LogP contribution in [-0.4, -0.2) is 30.1 Å². The molecule has 0 aliphatic heterocycles. The average molecular weight is 354 g/mol. The molecule has 1 aromatic heterocycles. The molecule has 0 saturated carbocycles. The Morgan fingerprint density at radius 3 is 2.48 bits per heavy atom. The number of amidine groups is 1. The lowest BCUT2D eigenvalue weighted by Crippen LogP contribution is -2.14. The number of nitrogens with one attached hydrogen (secondary N) is 1. The van der Waals surface area contributed by atoms with Crippen molar-refractivity contribution in [1.29, 1.82) is 0 Å². The Kier molecular flexibility index (Phi) is 5.17. The molecule has 0 aliphatic rings. The molecular weight excluding hydrogens is 338 g/mol. The fraction of sp³-hybridized carbons (Fsp3) is 0.214. The van der Waals surface area contributed by atoms with Crippen LogP contribution in [0.4, 0.5) is 11.5 Å². The number of hydrogen-bond donors (Lipinski definition) is 2. The van der Waals surface area contributed by atoms with E-state index in [1.54, 1.807) is 32.0 Å². The van der Waals surface area contributed by atoms with Crippen LogP contribution in [-0.2, 0) is 10.0 Å². The Hall–Kier alpha value is -2.19. The molecule has 2 rings (SSSR count). The molecule has 23 heavy (non-hydrogen) atoms. The van der Waals surface area contributed by atoms with E-state index in [0.717, 1.165) is 0 Å². The minimum Gasteiger partial charge on any atom is -0.386 e. The van der Waals surface area contributed by atoms with E-state index in [2.05, 4.69) is 19.7 Å². The van der Waals surface area contributed by atoms with Crippen LogP contribution < -0.4 is 10.5 Å². The number of rotatable bonds is 5. The Morgan fingerprint density at radius 2 is 1.91 bits per heavy atom. The van der Waals surface area contributed by atoms with Crippen molar-refractivity contribution in [3.8, 4) is 0 Å². The topological polar surface area (TPSA) is 110 Å². The van der Waals surface area contributed by atoms with Crippen molar-refractivity contribution in [3.63, 3.8) is 0 Å². The molecule has 3 N–H and O–H groups in total. The van der Waals surface area contributed by atoms with Crippen molar-refractivity contribution >= 4 is 39.0 Å². The summed E-state index contributed by atoms with van der Waals surface area (Å²) in [4.78, 5) is 12.3. The second kappa shape index (κ2) is 6.93. The third-order valence-corrected chi connectivity index (χ3v) is 4.41. The predicted octanol–water partition coefficient (Wildman–Crippen LogP) is 2.12. The predicted molar refractivity (Wildman–Crippen MR) is 90.8 cm³/mol. The SMILES string of the molecule is Cc1cc(NS(=O)(=O)c2ccc(N=C(N)CCl)cc2)nc(C)n1. The molecule has 1 aromatic carbocycles. The lowest BCUT2D eigenvalue weighted by atomic mass is 10.3. The van der Waals surface area contributed by atoms with E-state index in [1.807, 2.05) is 0 Å². The first-order chi connectivity index (χ1) is 10.8. The summed E-state index contributed by atoms with van der Waals surface area (Å²) in [5.74, 6) is 1.08. The maximum absolute atomic E-state index is 12.4. The highest BCUT2D eigenvalue weighted by atomic mass is 35.5. The van der Waals surface area contributed by atoms with E-state index in [4.69, 9.17) is 17.3 Å². The highest BCUT2D eigenvalue weighted by molar-refractivity contribution is 7.92. The molecule has 0 bridgehead atoms. The number of aliphatic imine (C=N–C) groups is 1. The van der Waals surface area contributed by atoms with Crippen molar-refractivity contribution < 1.29 is 8.42 Å². The van der Waals surface area contributed by atoms with Gasteiger partial charge in [0.15, 0.2) is 0 Å². The largest absolute Gasteiger partial charge is 0.386 e. The van der Waals surface area contributed by atoms with Gasteiger partial charge in [0.05, 0.1) is 16.5 Å². The van der Waals surface area contributed by atoms with E-state index < -0.39 is 10.0 Å². The van der Waals surface area contributed by atoms with Crippen LogP contribution in [0.2, 0.25) is 0 Å². The molecule has 0 radical (unpaired) electrons. The zero-order chi connectivity index (χ0) is 17.0. The van der Waals surface area contributed by atoms with E-state index >= 15 is 0 Å². The number of alkyl halides is 1. The van der Waals surface area contributed by atoms with Gasteiger partial charge in [-0.1, -0.05) is 0 Å². The third kappa shape index (κ3) is 4.64. The summed E-state index contributed by atoms with van der Waals surface area (Å²) in [6.07, 6.45) is 0. The van der Waals surface area contributed by atoms with Crippen LogP contribution >= 0.6 is 11.6 Å². The van der Waals surface area contributed by atoms with Gasteiger partial charge in [0, 0.05) is 11.8 Å². The van der Waals surface area contributed by atoms with Gasteiger partial charge in [0.1, 0.15) is 17.5 Å². The molecule has 0 fully saturated rings. The molecule has 7 nitrogen and oxygen atoms in total. The monoisotopic (exact) mass is 353 g/mol. The van der Waals surface area contributed by atoms with Gasteiger partial charge in [0.2, 0.25) is 0 Å². The molecule has 0 unspecified atom stereocenters. The number of aryl methyl sites for hydroxylation is 2. The average Bonchev–Trinajstić information content (AvgIpc) is 2.46. The maximum atomic E-state index is 12.4. The Balaban J connectivity index is 2.26. The van der Waals surface area contributed by atoms with Gasteiger partial charge in [-0.3, -0.25) is 4.72 Å². The Morgan fingerprint density at radius 1 is 1.26 bits per heavy atom. The van der Waals surface area contributed by atoms with Gasteiger partial charge < -0.3 is 5.73 Å². The highest BCUT2D eigenvalue weighted by Crippen LogP contribution is 2.19. The lowest BCUT2D eigenvalue weighted by Gasteiger charge is -2.08. The van der Waals surface area contributed by atoms with Crippen molar-refractivity contribution in [2.75, 3.05) is 10.6 Å². The summed E-state index contributed by atoms with van der Waals surface area (Å²) in [7, 11) is -3.74. The minimum atomic E-state index is -3.74. The maximum Gasteiger partial charge on any atom is 0.263 e. The lowest BCUT2D eigenvalue weighted by molar-refractivity contribution is 0.601. The van der Waals surface area contributed by atoms with Crippen molar-refractivity contribution in [1.82, 2.24) is 9.97 Å². The van der Waals surface area contributed by atoms with E-state index in [-0.39, 0.29) is 22.4 Å². The first-order valence-electron chi connectivity index (χ1n) is 6.64. The normalized spacial score (nSPS) is 12.2. The number of halogens is 1. The summed E-state index contributed by atoms with van der Waals surface area (Å²) in [5, 5.41) is 0. The van der Waals surface area contributed by atoms with Crippen LogP contribution in [0.15, 0.2) is 40.2 Å². The second-order valence-corrected chi connectivity index (χ2v) is 6.73. The number of benzene rings is 1. The van der Waals surface area contributed by atoms with Crippen LogP contribution in [0.25, 0.3) is 0 Å². The van der Waals surface area contributed by atoms with E-state index in [9.17, 15) is 8.42 Å². The van der Waals surface area contributed by atoms with Gasteiger partial charge in [-0.2, -0.15) is 0 Å². The highest BCUT2D eigenvalue weighted by Gasteiger charge is 2.15. The summed E-state index contributed by atoms with van der Waals surface area (Å²) in [6, 6.07) is 7.52. The van der Waals surface area contributed by atoms with E-state index in [0.29, 0.717) is 17.2 Å². The number of sulfonamides is 1. The third-order valence-electron chi connectivity index (χ3n) is 2.76. The fourth-order valence-corrected chi connectivity index (χ4v) is 2.91. The number of nitrogens with two attached hydrogens (primary N) is 1. The van der Waals surface area contributed by atoms with Gasteiger partial charge >= 0.3 is 0 Å². The van der Waals surface area contributed by atoms with Gasteiger partial charge in [-0.05, 0) is 38.1 Å². The quantitative estimate of drug-likeness (QED) is 0.486. The summed E-state index contributed by atoms with van der Waals surface area (Å²) >= 11 is 5.55. The molecular formula is C14H16ClN5O2S. The molecule has 122 valence electrons. The number of anilines is 1. The molecule has 2 aromatic rings. The van der Waals surface area contributed by atoms with Crippen molar-refractivity contribution in [2.45, 2.75) is 18.7 Å². The van der Waals surface area contributed by atoms with Gasteiger partial charge in [-0.25, -0.2) is 23.4 Å². The first kappa shape index (κ1) is 17.2. The fourth-order valence-electron chi connectivity index (χ4n) is 1.86. The summed E-state index contributed by atoms with van der Waals surface area (Å²) < 4.78 is 27.1. The Bertz CT molecular complexity index is 814. The van der Waals surface area contributed by atoms with Crippen LogP contribution in [0.3, 0.4) is 0 Å². The molecule has 9 heteroatoms. The van der Waals surface area contributed by atoms with Crippen molar-refractivity contribution in [2.24, 2.45) is 10.7 Å². The van der Waals surface area contributed by atoms with Crippen LogP contribution in [0.1, 0.15) is 11.5 Å². The molecule has 0 atom stereocenters. The summed E-state index contributed by atoms with van der Waals surface area (Å²) in [6.45, 7) is 3.46. The van der Waals surface area contributed by atoms with E-state index in [1.165, 1.54) is 12.1 Å². The standard InChI is InChI=1S/C14H16ClN5O2S/c1-9-7-14(18-10(2)17-9)20-23(21,22)12-5-3-11(4-6-12)19-13(16)8-15/h3-7H,8H2,1-2H3,(H2,16,19)(H,17,18,20). The molecule has 0 spiro atoms. The van der Waals surface area contributed by atoms with Gasteiger partial charge in [0.25, 0.3) is 10.0 Å². The molecule has 0 amide bonds. The second-order valence-electron chi connectivity index (χ2n) is 4.78. The first-order valence-corrected chi connectivity index (χ1v) is 8.66. The number of nitrogens with zero attached hydrogens (tertiary/aromatic N) is 3. The van der Waals surface area contributed by atoms with Crippen LogP contribution in [0, 0.1) is 13.8 Å². The minimum absolute atomic E-state index is 0.0924. The zero-order valence-electron chi connectivity index (χ0n) is 12.6. The molecule has 1 heterocycles. The number of hydrogen-bond acceptors (Lipinski definition) is 5. The number of aromatic nitrogens is 2. The Labute approximate surface area is 139 Å². The molecule has 0 aliphatic carbocycles. The van der Waals surface area contributed by atoms with Gasteiger partial charge in [-0.15, -0.1) is 11.6 Å².